The van der Waals surface area contributed by atoms with Gasteiger partial charge in [0.2, 0.25) is 10.0 Å². The van der Waals surface area contributed by atoms with Gasteiger partial charge in [-0.1, -0.05) is 0 Å². The second-order valence-electron chi connectivity index (χ2n) is 5.55. The van der Waals surface area contributed by atoms with Crippen molar-refractivity contribution in [3.05, 3.63) is 0 Å². The summed E-state index contributed by atoms with van der Waals surface area (Å²) in [5.74, 6) is 0.669. The Morgan fingerprint density at radius 1 is 1.24 bits per heavy atom. The van der Waals surface area contributed by atoms with E-state index in [9.17, 15) is 13.2 Å². The lowest BCUT2D eigenvalue weighted by Gasteiger charge is -2.33. The average Bonchev–Trinajstić information content (AvgIpc) is 2.58. The summed E-state index contributed by atoms with van der Waals surface area (Å²) in [4.78, 5) is 18.4. The molecule has 1 fully saturated rings. The summed E-state index contributed by atoms with van der Waals surface area (Å²) in [7, 11) is -3.18. The van der Waals surface area contributed by atoms with Crippen LogP contribution in [0.4, 0.5) is 0 Å². The van der Waals surface area contributed by atoms with Gasteiger partial charge in [-0.2, -0.15) is 0 Å². The molecule has 1 saturated heterocycles. The van der Waals surface area contributed by atoms with E-state index < -0.39 is 10.0 Å². The van der Waals surface area contributed by atoms with Gasteiger partial charge >= 0.3 is 5.97 Å². The summed E-state index contributed by atoms with van der Waals surface area (Å²) in [5.41, 5.74) is 0. The number of carbonyl (C=O) groups excluding carboxylic acids is 1. The smallest absolute Gasteiger partial charge is 0.309 e. The number of halogens is 1. The predicted molar refractivity (Wildman–Crippen MR) is 110 cm³/mol. The van der Waals surface area contributed by atoms with Gasteiger partial charge in [0.05, 0.1) is 24.8 Å². The molecule has 1 aliphatic heterocycles. The van der Waals surface area contributed by atoms with Crippen molar-refractivity contribution in [1.82, 2.24) is 14.9 Å². The first-order valence-electron chi connectivity index (χ1n) is 8.60. The molecule has 148 valence electrons. The van der Waals surface area contributed by atoms with E-state index >= 15 is 0 Å². The number of guanidine groups is 1. The van der Waals surface area contributed by atoms with Gasteiger partial charge in [-0.15, -0.1) is 24.0 Å². The van der Waals surface area contributed by atoms with Crippen LogP contribution in [0.5, 0.6) is 0 Å². The number of likely N-dealkylation sites (tertiary alicyclic amines) is 1. The van der Waals surface area contributed by atoms with E-state index in [1.54, 1.807) is 6.92 Å². The molecule has 0 aromatic rings. The van der Waals surface area contributed by atoms with Gasteiger partial charge in [-0.3, -0.25) is 9.79 Å². The van der Waals surface area contributed by atoms with Crippen molar-refractivity contribution in [3.63, 3.8) is 0 Å². The molecule has 0 bridgehead atoms. The number of sulfonamides is 1. The molecule has 0 amide bonds. The topological polar surface area (TPSA) is 100 Å². The Hall–Kier alpha value is -0.620. The molecule has 25 heavy (non-hydrogen) atoms. The van der Waals surface area contributed by atoms with Crippen LogP contribution in [0.25, 0.3) is 0 Å². The van der Waals surface area contributed by atoms with Gasteiger partial charge in [0.25, 0.3) is 0 Å². The van der Waals surface area contributed by atoms with E-state index in [2.05, 4.69) is 19.9 Å². The first kappa shape index (κ1) is 24.4. The van der Waals surface area contributed by atoms with Crippen LogP contribution in [0.2, 0.25) is 0 Å². The van der Waals surface area contributed by atoms with Crippen LogP contribution >= 0.6 is 24.0 Å². The summed E-state index contributed by atoms with van der Waals surface area (Å²) < 4.78 is 30.4. The van der Waals surface area contributed by atoms with Crippen LogP contribution in [-0.4, -0.2) is 70.3 Å². The van der Waals surface area contributed by atoms with Gasteiger partial charge in [-0.25, -0.2) is 13.1 Å². The summed E-state index contributed by atoms with van der Waals surface area (Å²) in [5, 5.41) is 3.22. The van der Waals surface area contributed by atoms with E-state index in [1.165, 1.54) is 0 Å². The highest BCUT2D eigenvalue weighted by Gasteiger charge is 2.27. The largest absolute Gasteiger partial charge is 0.466 e. The highest BCUT2D eigenvalue weighted by Crippen LogP contribution is 2.18. The molecule has 0 radical (unpaired) electrons. The minimum absolute atomic E-state index is 0. The molecule has 1 aliphatic rings. The molecular formula is C15H31IN4O4S. The minimum atomic E-state index is -3.18. The van der Waals surface area contributed by atoms with Crippen LogP contribution in [0.1, 0.15) is 33.6 Å². The molecular weight excluding hydrogens is 459 g/mol. The summed E-state index contributed by atoms with van der Waals surface area (Å²) >= 11 is 0. The number of rotatable bonds is 8. The van der Waals surface area contributed by atoms with Crippen molar-refractivity contribution in [2.75, 3.05) is 45.1 Å². The Morgan fingerprint density at radius 3 is 2.40 bits per heavy atom. The fourth-order valence-corrected chi connectivity index (χ4v) is 3.08. The molecule has 0 unspecified atom stereocenters. The SMILES string of the molecule is CCNC(=NCCNS(=O)(=O)CC)N1CCC(C(=O)OCC)CC1.I. The Kier molecular flexibility index (Phi) is 12.4. The van der Waals surface area contributed by atoms with Crippen LogP contribution < -0.4 is 10.0 Å². The Morgan fingerprint density at radius 2 is 1.88 bits per heavy atom. The fourth-order valence-electron chi connectivity index (χ4n) is 2.48. The van der Waals surface area contributed by atoms with E-state index in [0.717, 1.165) is 38.4 Å². The average molecular weight is 490 g/mol. The molecule has 0 spiro atoms. The van der Waals surface area contributed by atoms with Crippen molar-refractivity contribution in [1.29, 1.82) is 0 Å². The lowest BCUT2D eigenvalue weighted by atomic mass is 9.97. The second kappa shape index (κ2) is 12.7. The first-order valence-corrected chi connectivity index (χ1v) is 10.3. The fraction of sp³-hybridized carbons (Fsp3) is 0.867. The van der Waals surface area contributed by atoms with Crippen LogP contribution in [0.15, 0.2) is 4.99 Å². The number of carbonyl (C=O) groups is 1. The lowest BCUT2D eigenvalue weighted by Crippen LogP contribution is -2.47. The van der Waals surface area contributed by atoms with Crippen LogP contribution in [0.3, 0.4) is 0 Å². The number of aliphatic imine (C=N–C) groups is 1. The zero-order valence-corrected chi connectivity index (χ0v) is 18.4. The molecule has 0 atom stereocenters. The van der Waals surface area contributed by atoms with Crippen molar-refractivity contribution < 1.29 is 17.9 Å². The van der Waals surface area contributed by atoms with Crippen LogP contribution in [-0.2, 0) is 19.6 Å². The normalized spacial score (nSPS) is 16.3. The maximum atomic E-state index is 11.8. The quantitative estimate of drug-likeness (QED) is 0.172. The summed E-state index contributed by atoms with van der Waals surface area (Å²) in [6, 6.07) is 0. The predicted octanol–water partition coefficient (Wildman–Crippen LogP) is 0.784. The summed E-state index contributed by atoms with van der Waals surface area (Å²) in [6.45, 7) is 8.67. The zero-order valence-electron chi connectivity index (χ0n) is 15.3. The maximum absolute atomic E-state index is 11.8. The van der Waals surface area contributed by atoms with Crippen molar-refractivity contribution in [2.45, 2.75) is 33.6 Å². The maximum Gasteiger partial charge on any atom is 0.309 e. The third-order valence-electron chi connectivity index (χ3n) is 3.82. The lowest BCUT2D eigenvalue weighted by molar-refractivity contribution is -0.149. The number of ether oxygens (including phenoxy) is 1. The first-order chi connectivity index (χ1) is 11.4. The molecule has 2 N–H and O–H groups in total. The Labute approximate surface area is 168 Å². The minimum Gasteiger partial charge on any atom is -0.466 e. The molecule has 0 aromatic heterocycles. The van der Waals surface area contributed by atoms with E-state index in [1.807, 2.05) is 13.8 Å². The monoisotopic (exact) mass is 490 g/mol. The zero-order chi connectivity index (χ0) is 18.0. The molecule has 1 heterocycles. The number of esters is 1. The van der Waals surface area contributed by atoms with Gasteiger partial charge in [0.15, 0.2) is 5.96 Å². The molecule has 0 aliphatic carbocycles. The third kappa shape index (κ3) is 9.04. The highest BCUT2D eigenvalue weighted by atomic mass is 127. The van der Waals surface area contributed by atoms with Crippen molar-refractivity contribution >= 4 is 45.9 Å². The molecule has 8 nitrogen and oxygen atoms in total. The molecule has 10 heteroatoms. The number of nitrogens with one attached hydrogen (secondary N) is 2. The van der Waals surface area contributed by atoms with Gasteiger partial charge < -0.3 is 15.0 Å². The van der Waals surface area contributed by atoms with Gasteiger partial charge in [-0.05, 0) is 33.6 Å². The van der Waals surface area contributed by atoms with Crippen LogP contribution in [0, 0.1) is 5.92 Å². The Bertz CT molecular complexity index is 520. The molecule has 1 rings (SSSR count). The molecule has 0 aromatic carbocycles. The second-order valence-corrected chi connectivity index (χ2v) is 7.64. The van der Waals surface area contributed by atoms with Gasteiger partial charge in [0.1, 0.15) is 0 Å². The number of nitrogens with zero attached hydrogens (tertiary/aromatic N) is 2. The Balaban J connectivity index is 0.00000576. The molecule has 0 saturated carbocycles. The third-order valence-corrected chi connectivity index (χ3v) is 5.23. The van der Waals surface area contributed by atoms with Gasteiger partial charge in [0, 0.05) is 26.2 Å². The van der Waals surface area contributed by atoms with E-state index in [4.69, 9.17) is 4.74 Å². The van der Waals surface area contributed by atoms with E-state index in [-0.39, 0.29) is 48.2 Å². The van der Waals surface area contributed by atoms with Crippen molar-refractivity contribution in [2.24, 2.45) is 10.9 Å². The van der Waals surface area contributed by atoms with E-state index in [0.29, 0.717) is 13.2 Å². The summed E-state index contributed by atoms with van der Waals surface area (Å²) in [6.07, 6.45) is 1.48. The number of hydrogen-bond donors (Lipinski definition) is 2. The van der Waals surface area contributed by atoms with Crippen molar-refractivity contribution in [3.8, 4) is 0 Å². The number of hydrogen-bond acceptors (Lipinski definition) is 5. The highest BCUT2D eigenvalue weighted by molar-refractivity contribution is 14.0. The standard InChI is InChI=1S/C15H30N4O4S.HI/c1-4-16-15(17-9-10-18-24(21,22)6-3)19-11-7-13(8-12-19)14(20)23-5-2;/h13,18H,4-12H2,1-3H3,(H,16,17);1H. The number of piperidine rings is 1.